The maximum absolute atomic E-state index is 11.1. The molecule has 0 fully saturated rings. The maximum Gasteiger partial charge on any atom is 0.320 e. The number of rotatable bonds is 5. The first-order valence-electron chi connectivity index (χ1n) is 4.44. The Hall–Kier alpha value is -0.280. The number of hydrogen-bond donors (Lipinski definition) is 1. The zero-order chi connectivity index (χ0) is 10.3. The largest absolute Gasteiger partial charge is 0.459 e. The molecule has 0 amide bonds. The highest BCUT2D eigenvalue weighted by Gasteiger charge is 2.15. The van der Waals surface area contributed by atoms with E-state index >= 15 is 0 Å². The van der Waals surface area contributed by atoms with Crippen LogP contribution in [0.4, 0.5) is 0 Å². The molecule has 0 saturated heterocycles. The van der Waals surface area contributed by atoms with Crippen LogP contribution in [0.15, 0.2) is 0 Å². The molecule has 0 aromatic rings. The Bertz CT molecular complexity index is 154. The quantitative estimate of drug-likeness (QED) is 0.422. The van der Waals surface area contributed by atoms with Crippen LogP contribution < -0.4 is 5.32 Å². The van der Waals surface area contributed by atoms with Crippen molar-refractivity contribution in [2.45, 2.75) is 32.8 Å². The molecule has 0 rings (SSSR count). The van der Waals surface area contributed by atoms with Crippen molar-refractivity contribution < 1.29 is 9.53 Å². The van der Waals surface area contributed by atoms with E-state index in [9.17, 15) is 4.79 Å². The van der Waals surface area contributed by atoms with Gasteiger partial charge in [0.2, 0.25) is 0 Å². The number of halogens is 1. The summed E-state index contributed by atoms with van der Waals surface area (Å²) < 4.78 is 5.08. The van der Waals surface area contributed by atoms with Gasteiger partial charge in [0.15, 0.2) is 0 Å². The lowest BCUT2D eigenvalue weighted by Gasteiger charge is -2.19. The molecule has 3 nitrogen and oxygen atoms in total. The Morgan fingerprint density at radius 1 is 1.46 bits per heavy atom. The van der Waals surface area contributed by atoms with Crippen LogP contribution >= 0.6 is 11.6 Å². The third kappa shape index (κ3) is 9.64. The van der Waals surface area contributed by atoms with Gasteiger partial charge < -0.3 is 10.1 Å². The molecule has 78 valence electrons. The van der Waals surface area contributed by atoms with E-state index in [0.717, 1.165) is 13.0 Å². The lowest BCUT2D eigenvalue weighted by Crippen LogP contribution is -2.31. The molecule has 0 aromatic carbocycles. The van der Waals surface area contributed by atoms with Crippen molar-refractivity contribution in [1.82, 2.24) is 5.32 Å². The van der Waals surface area contributed by atoms with Crippen LogP contribution in [-0.4, -0.2) is 30.5 Å². The van der Waals surface area contributed by atoms with Crippen molar-refractivity contribution in [3.63, 3.8) is 0 Å². The van der Waals surface area contributed by atoms with Gasteiger partial charge in [-0.1, -0.05) is 0 Å². The smallest absolute Gasteiger partial charge is 0.320 e. The molecule has 0 heterocycles. The standard InChI is InChI=1S/C9H18ClNO2/c1-9(2,3)13-8(12)7-11-6-4-5-10/h11H,4-7H2,1-3H3. The highest BCUT2D eigenvalue weighted by molar-refractivity contribution is 6.17. The summed E-state index contributed by atoms with van der Waals surface area (Å²) in [5.74, 6) is 0.392. The van der Waals surface area contributed by atoms with Crippen LogP contribution in [0.25, 0.3) is 0 Å². The molecule has 0 saturated carbocycles. The molecule has 0 aliphatic heterocycles. The number of ether oxygens (including phenoxy) is 1. The molecule has 0 spiro atoms. The van der Waals surface area contributed by atoms with Gasteiger partial charge in [-0.05, 0) is 33.7 Å². The number of nitrogens with one attached hydrogen (secondary N) is 1. The summed E-state index contributed by atoms with van der Waals surface area (Å²) in [5.41, 5.74) is -0.398. The Labute approximate surface area is 84.8 Å². The SMILES string of the molecule is CC(C)(C)OC(=O)CNCCCCl. The van der Waals surface area contributed by atoms with E-state index in [-0.39, 0.29) is 12.5 Å². The second kappa shape index (κ2) is 6.22. The first kappa shape index (κ1) is 12.7. The lowest BCUT2D eigenvalue weighted by atomic mass is 10.2. The minimum Gasteiger partial charge on any atom is -0.459 e. The maximum atomic E-state index is 11.1. The van der Waals surface area contributed by atoms with Gasteiger partial charge in [0.05, 0.1) is 6.54 Å². The van der Waals surface area contributed by atoms with Crippen LogP contribution in [-0.2, 0) is 9.53 Å². The third-order valence-corrected chi connectivity index (χ3v) is 1.44. The van der Waals surface area contributed by atoms with Crippen LogP contribution in [0.1, 0.15) is 27.2 Å². The molecule has 0 atom stereocenters. The third-order valence-electron chi connectivity index (χ3n) is 1.18. The van der Waals surface area contributed by atoms with E-state index in [1.54, 1.807) is 0 Å². The van der Waals surface area contributed by atoms with Gasteiger partial charge in [0.25, 0.3) is 0 Å². The fourth-order valence-corrected chi connectivity index (χ4v) is 0.893. The Morgan fingerprint density at radius 2 is 2.08 bits per heavy atom. The number of esters is 1. The van der Waals surface area contributed by atoms with Crippen molar-refractivity contribution >= 4 is 17.6 Å². The molecule has 0 radical (unpaired) electrons. The Balaban J connectivity index is 3.41. The van der Waals surface area contributed by atoms with Crippen LogP contribution in [0.2, 0.25) is 0 Å². The van der Waals surface area contributed by atoms with E-state index in [2.05, 4.69) is 5.32 Å². The van der Waals surface area contributed by atoms with Crippen LogP contribution in [0.5, 0.6) is 0 Å². The fraction of sp³-hybridized carbons (Fsp3) is 0.889. The summed E-state index contributed by atoms with van der Waals surface area (Å²) in [6.07, 6.45) is 0.865. The van der Waals surface area contributed by atoms with Crippen LogP contribution in [0, 0.1) is 0 Å². The molecule has 0 aliphatic carbocycles. The monoisotopic (exact) mass is 207 g/mol. The zero-order valence-electron chi connectivity index (χ0n) is 8.52. The highest BCUT2D eigenvalue weighted by Crippen LogP contribution is 2.05. The second-order valence-electron chi connectivity index (χ2n) is 3.81. The second-order valence-corrected chi connectivity index (χ2v) is 4.18. The minimum absolute atomic E-state index is 0.220. The fourth-order valence-electron chi connectivity index (χ4n) is 0.760. The molecule has 4 heteroatoms. The average Bonchev–Trinajstić information content (AvgIpc) is 1.94. The molecule has 0 aromatic heterocycles. The predicted octanol–water partition coefficient (Wildman–Crippen LogP) is 1.55. The summed E-state index contributed by atoms with van der Waals surface area (Å²) >= 11 is 5.47. The normalized spacial score (nSPS) is 11.4. The number of hydrogen-bond acceptors (Lipinski definition) is 3. The van der Waals surface area contributed by atoms with Crippen molar-refractivity contribution in [2.75, 3.05) is 19.0 Å². The molecular weight excluding hydrogens is 190 g/mol. The van der Waals surface area contributed by atoms with E-state index in [0.29, 0.717) is 5.88 Å². The molecular formula is C9H18ClNO2. The van der Waals surface area contributed by atoms with Crippen molar-refractivity contribution in [3.8, 4) is 0 Å². The van der Waals surface area contributed by atoms with E-state index in [1.165, 1.54) is 0 Å². The van der Waals surface area contributed by atoms with Crippen molar-refractivity contribution in [1.29, 1.82) is 0 Å². The Morgan fingerprint density at radius 3 is 2.54 bits per heavy atom. The van der Waals surface area contributed by atoms with Gasteiger partial charge in [-0.2, -0.15) is 0 Å². The molecule has 13 heavy (non-hydrogen) atoms. The van der Waals surface area contributed by atoms with Gasteiger partial charge in [0.1, 0.15) is 5.60 Å². The summed E-state index contributed by atoms with van der Waals surface area (Å²) in [6, 6.07) is 0. The number of alkyl halides is 1. The average molecular weight is 208 g/mol. The van der Waals surface area contributed by atoms with E-state index in [4.69, 9.17) is 16.3 Å². The molecule has 0 unspecified atom stereocenters. The predicted molar refractivity (Wildman–Crippen MR) is 54.1 cm³/mol. The van der Waals surface area contributed by atoms with Crippen molar-refractivity contribution in [3.05, 3.63) is 0 Å². The van der Waals surface area contributed by atoms with Gasteiger partial charge in [-0.25, -0.2) is 0 Å². The summed E-state index contributed by atoms with van der Waals surface area (Å²) in [6.45, 7) is 6.56. The molecule has 1 N–H and O–H groups in total. The topological polar surface area (TPSA) is 38.3 Å². The zero-order valence-corrected chi connectivity index (χ0v) is 9.28. The van der Waals surface area contributed by atoms with E-state index < -0.39 is 5.60 Å². The van der Waals surface area contributed by atoms with Gasteiger partial charge >= 0.3 is 5.97 Å². The molecule has 0 aliphatic rings. The Kier molecular flexibility index (Phi) is 6.08. The van der Waals surface area contributed by atoms with Crippen molar-refractivity contribution in [2.24, 2.45) is 0 Å². The number of carbonyl (C=O) groups is 1. The summed E-state index contributed by atoms with van der Waals surface area (Å²) in [4.78, 5) is 11.1. The van der Waals surface area contributed by atoms with Gasteiger partial charge in [0, 0.05) is 5.88 Å². The summed E-state index contributed by atoms with van der Waals surface area (Å²) in [7, 11) is 0. The first-order chi connectivity index (χ1) is 5.95. The van der Waals surface area contributed by atoms with Gasteiger partial charge in [-0.15, -0.1) is 11.6 Å². The van der Waals surface area contributed by atoms with Crippen LogP contribution in [0.3, 0.4) is 0 Å². The van der Waals surface area contributed by atoms with E-state index in [1.807, 2.05) is 20.8 Å². The summed E-state index contributed by atoms with van der Waals surface area (Å²) in [5, 5.41) is 2.95. The highest BCUT2D eigenvalue weighted by atomic mass is 35.5. The number of carbonyl (C=O) groups excluding carboxylic acids is 1. The lowest BCUT2D eigenvalue weighted by molar-refractivity contribution is -0.153. The first-order valence-corrected chi connectivity index (χ1v) is 4.97. The minimum atomic E-state index is -0.398. The molecule has 0 bridgehead atoms. The van der Waals surface area contributed by atoms with Gasteiger partial charge in [-0.3, -0.25) is 4.79 Å².